The number of rotatable bonds is 5. The quantitative estimate of drug-likeness (QED) is 0.561. The number of nitrogens with zero attached hydrogens (tertiary/aromatic N) is 4. The van der Waals surface area contributed by atoms with Gasteiger partial charge < -0.3 is 19.9 Å². The Bertz CT molecular complexity index is 1270. The Balaban J connectivity index is 1.26. The fourth-order valence-electron chi connectivity index (χ4n) is 5.02. The van der Waals surface area contributed by atoms with Gasteiger partial charge in [0.15, 0.2) is 0 Å². The first-order valence-corrected chi connectivity index (χ1v) is 12.5. The number of allylic oxidation sites excluding steroid dienone is 1. The standard InChI is InChI=1S/C29H33N5O2/c1-19-5-7-23(8-6-19)24-15-26-27(16-24)30-18-31-28(26)33-13-14-34(20(2)17-33)29(35)32-21(3)22-9-11-25(36-4)12-10-22/h5-12,15,18,20-21H,13-14,16-17H2,1-4H3,(H,32,35)/t20-,21-/m1/s1. The molecule has 5 rings (SSSR count). The molecule has 186 valence electrons. The number of aryl methyl sites for hydroxylation is 1. The van der Waals surface area contributed by atoms with E-state index in [0.29, 0.717) is 6.54 Å². The van der Waals surface area contributed by atoms with E-state index in [4.69, 9.17) is 4.74 Å². The summed E-state index contributed by atoms with van der Waals surface area (Å²) in [6.45, 7) is 8.29. The van der Waals surface area contributed by atoms with E-state index in [9.17, 15) is 4.79 Å². The molecule has 7 nitrogen and oxygen atoms in total. The number of carbonyl (C=O) groups is 1. The molecule has 0 spiro atoms. The number of piperazine rings is 1. The van der Waals surface area contributed by atoms with E-state index in [0.717, 1.165) is 47.9 Å². The summed E-state index contributed by atoms with van der Waals surface area (Å²) in [6.07, 6.45) is 4.71. The number of hydrogen-bond acceptors (Lipinski definition) is 5. The van der Waals surface area contributed by atoms with E-state index in [1.165, 1.54) is 16.7 Å². The molecule has 1 saturated heterocycles. The molecular weight excluding hydrogens is 450 g/mol. The number of anilines is 1. The zero-order valence-electron chi connectivity index (χ0n) is 21.4. The normalized spacial score (nSPS) is 17.9. The number of ether oxygens (including phenoxy) is 1. The highest BCUT2D eigenvalue weighted by atomic mass is 16.5. The molecule has 2 aromatic carbocycles. The number of aromatic nitrogens is 2. The highest BCUT2D eigenvalue weighted by Gasteiger charge is 2.31. The van der Waals surface area contributed by atoms with Crippen LogP contribution < -0.4 is 15.0 Å². The summed E-state index contributed by atoms with van der Waals surface area (Å²) in [6, 6.07) is 16.4. The summed E-state index contributed by atoms with van der Waals surface area (Å²) in [5, 5.41) is 3.15. The zero-order chi connectivity index (χ0) is 25.2. The largest absolute Gasteiger partial charge is 0.497 e. The minimum Gasteiger partial charge on any atom is -0.497 e. The number of hydrogen-bond donors (Lipinski definition) is 1. The molecule has 2 amide bonds. The van der Waals surface area contributed by atoms with Crippen LogP contribution in [0.4, 0.5) is 10.6 Å². The fraction of sp³-hybridized carbons (Fsp3) is 0.345. The number of fused-ring (bicyclic) bond motifs is 1. The maximum atomic E-state index is 13.1. The molecule has 7 heteroatoms. The minimum absolute atomic E-state index is 0.0417. The molecule has 1 aliphatic heterocycles. The Morgan fingerprint density at radius 3 is 2.53 bits per heavy atom. The molecule has 1 fully saturated rings. The van der Waals surface area contributed by atoms with Gasteiger partial charge in [-0.25, -0.2) is 14.8 Å². The molecule has 1 aliphatic carbocycles. The molecule has 2 aliphatic rings. The molecule has 1 N–H and O–H groups in total. The third kappa shape index (κ3) is 4.78. The van der Waals surface area contributed by atoms with E-state index in [1.807, 2.05) is 36.1 Å². The molecule has 2 heterocycles. The summed E-state index contributed by atoms with van der Waals surface area (Å²) < 4.78 is 5.23. The summed E-state index contributed by atoms with van der Waals surface area (Å²) in [5.74, 6) is 1.76. The second-order valence-electron chi connectivity index (χ2n) is 9.70. The first-order chi connectivity index (χ1) is 17.4. The van der Waals surface area contributed by atoms with Gasteiger partial charge in [-0.15, -0.1) is 0 Å². The zero-order valence-corrected chi connectivity index (χ0v) is 21.4. The van der Waals surface area contributed by atoms with Crippen LogP contribution in [0.1, 0.15) is 47.8 Å². The fourth-order valence-corrected chi connectivity index (χ4v) is 5.02. The van der Waals surface area contributed by atoms with Gasteiger partial charge in [0, 0.05) is 37.7 Å². The van der Waals surface area contributed by atoms with Crippen LogP contribution in [-0.4, -0.2) is 53.7 Å². The predicted octanol–water partition coefficient (Wildman–Crippen LogP) is 4.87. The van der Waals surface area contributed by atoms with Crippen molar-refractivity contribution in [1.82, 2.24) is 20.2 Å². The van der Waals surface area contributed by atoms with Crippen LogP contribution in [0.2, 0.25) is 0 Å². The third-order valence-corrected chi connectivity index (χ3v) is 7.19. The number of nitrogens with one attached hydrogen (secondary N) is 1. The van der Waals surface area contributed by atoms with Crippen molar-refractivity contribution < 1.29 is 9.53 Å². The highest BCUT2D eigenvalue weighted by molar-refractivity contribution is 5.91. The lowest BCUT2D eigenvalue weighted by molar-refractivity contribution is 0.168. The highest BCUT2D eigenvalue weighted by Crippen LogP contribution is 2.35. The van der Waals surface area contributed by atoms with Crippen LogP contribution in [0.3, 0.4) is 0 Å². The van der Waals surface area contributed by atoms with Crippen molar-refractivity contribution in [3.63, 3.8) is 0 Å². The lowest BCUT2D eigenvalue weighted by atomic mass is 10.0. The average molecular weight is 484 g/mol. The Labute approximate surface area is 212 Å². The van der Waals surface area contributed by atoms with Gasteiger partial charge >= 0.3 is 6.03 Å². The van der Waals surface area contributed by atoms with Crippen LogP contribution in [0.5, 0.6) is 5.75 Å². The van der Waals surface area contributed by atoms with Gasteiger partial charge in [-0.05, 0) is 55.7 Å². The van der Waals surface area contributed by atoms with Crippen molar-refractivity contribution in [2.24, 2.45) is 0 Å². The summed E-state index contributed by atoms with van der Waals surface area (Å²) in [4.78, 5) is 26.6. The first kappa shape index (κ1) is 23.9. The van der Waals surface area contributed by atoms with Gasteiger partial charge in [0.1, 0.15) is 17.9 Å². The monoisotopic (exact) mass is 483 g/mol. The van der Waals surface area contributed by atoms with Gasteiger partial charge in [0.2, 0.25) is 0 Å². The lowest BCUT2D eigenvalue weighted by Gasteiger charge is -2.41. The van der Waals surface area contributed by atoms with E-state index in [1.54, 1.807) is 13.4 Å². The van der Waals surface area contributed by atoms with Gasteiger partial charge in [-0.1, -0.05) is 42.0 Å². The van der Waals surface area contributed by atoms with Crippen molar-refractivity contribution in [1.29, 1.82) is 0 Å². The Kier molecular flexibility index (Phi) is 6.63. The van der Waals surface area contributed by atoms with Crippen LogP contribution in [0.25, 0.3) is 11.6 Å². The van der Waals surface area contributed by atoms with Gasteiger partial charge in [-0.2, -0.15) is 0 Å². The van der Waals surface area contributed by atoms with E-state index >= 15 is 0 Å². The number of urea groups is 1. The number of amides is 2. The molecule has 2 atom stereocenters. The van der Waals surface area contributed by atoms with Crippen LogP contribution >= 0.6 is 0 Å². The first-order valence-electron chi connectivity index (χ1n) is 12.5. The van der Waals surface area contributed by atoms with Crippen molar-refractivity contribution in [2.75, 3.05) is 31.6 Å². The smallest absolute Gasteiger partial charge is 0.318 e. The maximum Gasteiger partial charge on any atom is 0.318 e. The maximum absolute atomic E-state index is 13.1. The number of benzene rings is 2. The molecule has 0 saturated carbocycles. The third-order valence-electron chi connectivity index (χ3n) is 7.19. The predicted molar refractivity (Wildman–Crippen MR) is 143 cm³/mol. The van der Waals surface area contributed by atoms with E-state index in [-0.39, 0.29) is 18.1 Å². The van der Waals surface area contributed by atoms with E-state index < -0.39 is 0 Å². The van der Waals surface area contributed by atoms with Gasteiger partial charge in [0.25, 0.3) is 0 Å². The molecule has 0 radical (unpaired) electrons. The van der Waals surface area contributed by atoms with Crippen molar-refractivity contribution in [3.05, 3.63) is 82.8 Å². The van der Waals surface area contributed by atoms with Crippen molar-refractivity contribution in [3.8, 4) is 5.75 Å². The number of methoxy groups -OCH3 is 1. The molecular formula is C29H33N5O2. The van der Waals surface area contributed by atoms with Crippen molar-refractivity contribution >= 4 is 23.5 Å². The molecule has 1 aromatic heterocycles. The Hall–Kier alpha value is -3.87. The minimum atomic E-state index is -0.0934. The van der Waals surface area contributed by atoms with Crippen molar-refractivity contribution in [2.45, 2.75) is 39.3 Å². The molecule has 0 unspecified atom stereocenters. The molecule has 36 heavy (non-hydrogen) atoms. The summed E-state index contributed by atoms with van der Waals surface area (Å²) in [7, 11) is 1.65. The second kappa shape index (κ2) is 10.0. The molecule has 0 bridgehead atoms. The Morgan fingerprint density at radius 2 is 1.83 bits per heavy atom. The van der Waals surface area contributed by atoms with Crippen LogP contribution in [0, 0.1) is 6.92 Å². The SMILES string of the molecule is COc1ccc([C@@H](C)NC(=O)N2CCN(c3ncnc4c3C=C(c3ccc(C)cc3)C4)C[C@H]2C)cc1. The number of carbonyl (C=O) groups excluding carboxylic acids is 1. The summed E-state index contributed by atoms with van der Waals surface area (Å²) in [5.41, 5.74) is 6.96. The van der Waals surface area contributed by atoms with Crippen LogP contribution in [0.15, 0.2) is 54.9 Å². The lowest BCUT2D eigenvalue weighted by Crippen LogP contribution is -2.57. The van der Waals surface area contributed by atoms with Gasteiger partial charge in [0.05, 0.1) is 18.8 Å². The topological polar surface area (TPSA) is 70.6 Å². The average Bonchev–Trinajstić information content (AvgIpc) is 3.33. The Morgan fingerprint density at radius 1 is 1.08 bits per heavy atom. The van der Waals surface area contributed by atoms with E-state index in [2.05, 4.69) is 64.4 Å². The second-order valence-corrected chi connectivity index (χ2v) is 9.70. The summed E-state index contributed by atoms with van der Waals surface area (Å²) >= 11 is 0. The molecule has 3 aromatic rings. The van der Waals surface area contributed by atoms with Crippen LogP contribution in [-0.2, 0) is 6.42 Å². The van der Waals surface area contributed by atoms with Gasteiger partial charge in [-0.3, -0.25) is 0 Å².